The molecule has 0 aliphatic carbocycles. The second-order valence-corrected chi connectivity index (χ2v) is 6.68. The Morgan fingerprint density at radius 2 is 2.35 bits per heavy atom. The summed E-state index contributed by atoms with van der Waals surface area (Å²) in [6.07, 6.45) is 3.86. The maximum Gasteiger partial charge on any atom is 0.177 e. The number of aryl methyl sites for hydroxylation is 1. The molecule has 1 aliphatic rings. The van der Waals surface area contributed by atoms with Crippen molar-refractivity contribution < 1.29 is 4.52 Å². The van der Waals surface area contributed by atoms with Gasteiger partial charge < -0.3 is 4.52 Å². The molecule has 0 atom stereocenters. The molecule has 0 saturated heterocycles. The molecular formula is C17H18N4OS. The van der Waals surface area contributed by atoms with Gasteiger partial charge in [0, 0.05) is 38.3 Å². The standard InChI is InChI=1S/C17H18N4OS/c1-2-17-18-9-12-5-6-21(11-14(12)19-17)10-13-8-15(22-20-13)16-4-3-7-23-16/h3-4,7-9H,2,5-6,10-11H2,1H3. The summed E-state index contributed by atoms with van der Waals surface area (Å²) in [5, 5.41) is 6.26. The summed E-state index contributed by atoms with van der Waals surface area (Å²) in [5.74, 6) is 1.77. The molecule has 23 heavy (non-hydrogen) atoms. The van der Waals surface area contributed by atoms with Crippen molar-refractivity contribution in [3.63, 3.8) is 0 Å². The van der Waals surface area contributed by atoms with E-state index in [4.69, 9.17) is 4.52 Å². The third kappa shape index (κ3) is 3.04. The van der Waals surface area contributed by atoms with E-state index in [0.717, 1.165) is 60.3 Å². The summed E-state index contributed by atoms with van der Waals surface area (Å²) in [5.41, 5.74) is 3.41. The molecule has 0 spiro atoms. The zero-order valence-electron chi connectivity index (χ0n) is 13.0. The minimum absolute atomic E-state index is 0.791. The van der Waals surface area contributed by atoms with Crippen LogP contribution in [0.5, 0.6) is 0 Å². The molecule has 0 aromatic carbocycles. The maximum absolute atomic E-state index is 5.46. The van der Waals surface area contributed by atoms with Gasteiger partial charge in [-0.1, -0.05) is 18.1 Å². The van der Waals surface area contributed by atoms with E-state index >= 15 is 0 Å². The van der Waals surface area contributed by atoms with Crippen LogP contribution in [0.4, 0.5) is 0 Å². The molecule has 118 valence electrons. The van der Waals surface area contributed by atoms with E-state index in [1.807, 2.05) is 23.7 Å². The highest BCUT2D eigenvalue weighted by Gasteiger charge is 2.20. The van der Waals surface area contributed by atoms with Gasteiger partial charge in [0.05, 0.1) is 16.3 Å². The Bertz CT molecular complexity index is 797. The van der Waals surface area contributed by atoms with Crippen LogP contribution in [-0.4, -0.2) is 26.6 Å². The van der Waals surface area contributed by atoms with E-state index in [2.05, 4.69) is 33.0 Å². The van der Waals surface area contributed by atoms with Crippen LogP contribution in [0, 0.1) is 0 Å². The lowest BCUT2D eigenvalue weighted by molar-refractivity contribution is 0.233. The van der Waals surface area contributed by atoms with Gasteiger partial charge in [-0.25, -0.2) is 9.97 Å². The van der Waals surface area contributed by atoms with Gasteiger partial charge >= 0.3 is 0 Å². The van der Waals surface area contributed by atoms with Gasteiger partial charge in [-0.3, -0.25) is 4.90 Å². The van der Waals surface area contributed by atoms with Crippen molar-refractivity contribution in [1.29, 1.82) is 0 Å². The zero-order valence-corrected chi connectivity index (χ0v) is 13.8. The van der Waals surface area contributed by atoms with Crippen LogP contribution in [0.1, 0.15) is 29.7 Å². The molecule has 1 aliphatic heterocycles. The van der Waals surface area contributed by atoms with Crippen LogP contribution in [-0.2, 0) is 25.9 Å². The number of rotatable bonds is 4. The first-order chi connectivity index (χ1) is 11.3. The lowest BCUT2D eigenvalue weighted by Crippen LogP contribution is -2.31. The SMILES string of the molecule is CCc1ncc2c(n1)CN(Cc1cc(-c3cccs3)on1)CC2. The third-order valence-corrected chi connectivity index (χ3v) is 4.98. The molecule has 3 aromatic rings. The fraction of sp³-hybridized carbons (Fsp3) is 0.353. The molecule has 0 unspecified atom stereocenters. The smallest absolute Gasteiger partial charge is 0.177 e. The summed E-state index contributed by atoms with van der Waals surface area (Å²) in [4.78, 5) is 12.6. The van der Waals surface area contributed by atoms with Crippen LogP contribution in [0.2, 0.25) is 0 Å². The zero-order chi connectivity index (χ0) is 15.6. The first kappa shape index (κ1) is 14.5. The first-order valence-corrected chi connectivity index (χ1v) is 8.75. The van der Waals surface area contributed by atoms with Crippen molar-refractivity contribution in [2.24, 2.45) is 0 Å². The highest BCUT2D eigenvalue weighted by Crippen LogP contribution is 2.26. The van der Waals surface area contributed by atoms with Gasteiger partial charge in [-0.15, -0.1) is 11.3 Å². The van der Waals surface area contributed by atoms with E-state index in [9.17, 15) is 0 Å². The van der Waals surface area contributed by atoms with Gasteiger partial charge in [0.25, 0.3) is 0 Å². The number of hydrogen-bond acceptors (Lipinski definition) is 6. The number of hydrogen-bond donors (Lipinski definition) is 0. The van der Waals surface area contributed by atoms with Crippen molar-refractivity contribution in [2.45, 2.75) is 32.9 Å². The van der Waals surface area contributed by atoms with Gasteiger partial charge in [0.1, 0.15) is 5.82 Å². The molecule has 0 radical (unpaired) electrons. The molecule has 0 N–H and O–H groups in total. The Balaban J connectivity index is 1.48. The highest BCUT2D eigenvalue weighted by atomic mass is 32.1. The molecule has 6 heteroatoms. The minimum atomic E-state index is 0.791. The minimum Gasteiger partial charge on any atom is -0.355 e. The average molecular weight is 326 g/mol. The van der Waals surface area contributed by atoms with E-state index in [0.29, 0.717) is 0 Å². The molecule has 0 amide bonds. The molecule has 3 aromatic heterocycles. The van der Waals surface area contributed by atoms with Crippen LogP contribution in [0.25, 0.3) is 10.6 Å². The molecular weight excluding hydrogens is 308 g/mol. The Labute approximate surface area is 139 Å². The summed E-state index contributed by atoms with van der Waals surface area (Å²) in [6, 6.07) is 6.11. The monoisotopic (exact) mass is 326 g/mol. The van der Waals surface area contributed by atoms with E-state index in [1.54, 1.807) is 11.3 Å². The quantitative estimate of drug-likeness (QED) is 0.736. The second-order valence-electron chi connectivity index (χ2n) is 5.73. The predicted octanol–water partition coefficient (Wildman–Crippen LogP) is 3.31. The number of nitrogens with zero attached hydrogens (tertiary/aromatic N) is 4. The fourth-order valence-electron chi connectivity index (χ4n) is 2.85. The van der Waals surface area contributed by atoms with Gasteiger partial charge in [-0.2, -0.15) is 0 Å². The number of aromatic nitrogens is 3. The van der Waals surface area contributed by atoms with Crippen molar-refractivity contribution in [3.8, 4) is 10.6 Å². The van der Waals surface area contributed by atoms with Crippen molar-refractivity contribution >= 4 is 11.3 Å². The van der Waals surface area contributed by atoms with Crippen molar-refractivity contribution in [1.82, 2.24) is 20.0 Å². The predicted molar refractivity (Wildman–Crippen MR) is 89.0 cm³/mol. The highest BCUT2D eigenvalue weighted by molar-refractivity contribution is 7.13. The number of fused-ring (bicyclic) bond motifs is 1. The van der Waals surface area contributed by atoms with Crippen LogP contribution >= 0.6 is 11.3 Å². The van der Waals surface area contributed by atoms with Gasteiger partial charge in [0.15, 0.2) is 5.76 Å². The third-order valence-electron chi connectivity index (χ3n) is 4.10. The average Bonchev–Trinajstić information content (AvgIpc) is 3.25. The largest absolute Gasteiger partial charge is 0.355 e. The molecule has 0 bridgehead atoms. The lowest BCUT2D eigenvalue weighted by atomic mass is 10.1. The molecule has 0 saturated carbocycles. The van der Waals surface area contributed by atoms with E-state index < -0.39 is 0 Å². The topological polar surface area (TPSA) is 55.1 Å². The summed E-state index contributed by atoms with van der Waals surface area (Å²) in [7, 11) is 0. The molecule has 4 rings (SSSR count). The maximum atomic E-state index is 5.46. The number of thiophene rings is 1. The van der Waals surface area contributed by atoms with E-state index in [-0.39, 0.29) is 0 Å². The lowest BCUT2D eigenvalue weighted by Gasteiger charge is -2.27. The fourth-order valence-corrected chi connectivity index (χ4v) is 3.53. The second kappa shape index (κ2) is 6.22. The van der Waals surface area contributed by atoms with Crippen LogP contribution in [0.15, 0.2) is 34.3 Å². The molecule has 5 nitrogen and oxygen atoms in total. The Hall–Kier alpha value is -2.05. The first-order valence-electron chi connectivity index (χ1n) is 7.87. The van der Waals surface area contributed by atoms with Gasteiger partial charge in [-0.05, 0) is 23.4 Å². The normalized spacial score (nSPS) is 14.8. The Morgan fingerprint density at radius 1 is 1.39 bits per heavy atom. The van der Waals surface area contributed by atoms with E-state index in [1.165, 1.54) is 5.56 Å². The van der Waals surface area contributed by atoms with Crippen LogP contribution < -0.4 is 0 Å². The Kier molecular flexibility index (Phi) is 3.93. The van der Waals surface area contributed by atoms with Gasteiger partial charge in [0.2, 0.25) is 0 Å². The van der Waals surface area contributed by atoms with Crippen molar-refractivity contribution in [2.75, 3.05) is 6.54 Å². The molecule has 0 fully saturated rings. The molecule has 4 heterocycles. The van der Waals surface area contributed by atoms with Crippen molar-refractivity contribution in [3.05, 3.63) is 52.6 Å². The summed E-state index contributed by atoms with van der Waals surface area (Å²) >= 11 is 1.67. The van der Waals surface area contributed by atoms with Crippen LogP contribution in [0.3, 0.4) is 0 Å². The summed E-state index contributed by atoms with van der Waals surface area (Å²) in [6.45, 7) is 4.73. The Morgan fingerprint density at radius 3 is 3.17 bits per heavy atom. The summed E-state index contributed by atoms with van der Waals surface area (Å²) < 4.78 is 5.46.